The third-order valence-electron chi connectivity index (χ3n) is 5.30. The number of benzene rings is 1. The maximum absolute atomic E-state index is 15.4. The summed E-state index contributed by atoms with van der Waals surface area (Å²) in [7, 11) is 0. The number of halogens is 5. The molecule has 8 nitrogen and oxygen atoms in total. The van der Waals surface area contributed by atoms with Crippen LogP contribution in [0.25, 0.3) is 11.0 Å². The summed E-state index contributed by atoms with van der Waals surface area (Å²) in [4.78, 5) is 22.4. The van der Waals surface area contributed by atoms with E-state index in [0.29, 0.717) is 31.7 Å². The molecular weight excluding hydrogens is 465 g/mol. The van der Waals surface area contributed by atoms with Crippen molar-refractivity contribution in [2.45, 2.75) is 32.2 Å². The molecule has 34 heavy (non-hydrogen) atoms. The Bertz CT molecular complexity index is 1210. The number of morpholine rings is 1. The highest BCUT2D eigenvalue weighted by atomic mass is 19.3. The lowest BCUT2D eigenvalue weighted by molar-refractivity contribution is -0.0664. The van der Waals surface area contributed by atoms with Crippen molar-refractivity contribution in [3.8, 4) is 0 Å². The highest BCUT2D eigenvalue weighted by Gasteiger charge is 2.49. The summed E-state index contributed by atoms with van der Waals surface area (Å²) in [6.07, 6.45) is -1.35. The third kappa shape index (κ3) is 4.47. The predicted octanol–water partition coefficient (Wildman–Crippen LogP) is 4.24. The van der Waals surface area contributed by atoms with Gasteiger partial charge in [0, 0.05) is 30.1 Å². The molecule has 1 aromatic carbocycles. The van der Waals surface area contributed by atoms with Gasteiger partial charge in [0.2, 0.25) is 5.95 Å². The molecular formula is C21H20F5N5O3. The molecule has 1 aliphatic heterocycles. The molecule has 0 bridgehead atoms. The maximum Gasteiger partial charge on any atom is 0.322 e. The topological polar surface area (TPSA) is 92.5 Å². The first-order valence-electron chi connectivity index (χ1n) is 10.2. The molecule has 4 rings (SSSR count). The lowest BCUT2D eigenvalue weighted by Gasteiger charge is -2.31. The van der Waals surface area contributed by atoms with Gasteiger partial charge < -0.3 is 19.4 Å². The van der Waals surface area contributed by atoms with Gasteiger partial charge >= 0.3 is 11.8 Å². The Morgan fingerprint density at radius 2 is 1.97 bits per heavy atom. The lowest BCUT2D eigenvalue weighted by Crippen LogP contribution is -2.49. The molecule has 0 aliphatic carbocycles. The van der Waals surface area contributed by atoms with Gasteiger partial charge in [-0.1, -0.05) is 0 Å². The zero-order chi connectivity index (χ0) is 24.6. The number of urea groups is 1. The summed E-state index contributed by atoms with van der Waals surface area (Å²) in [5.74, 6) is -6.70. The molecule has 1 fully saturated rings. The van der Waals surface area contributed by atoms with Crippen LogP contribution in [-0.4, -0.2) is 48.2 Å². The molecule has 0 saturated carbocycles. The molecule has 2 atom stereocenters. The number of nitrogens with one attached hydrogen (secondary N) is 2. The van der Waals surface area contributed by atoms with Crippen LogP contribution in [-0.2, 0) is 10.5 Å². The van der Waals surface area contributed by atoms with Crippen LogP contribution in [0.15, 0.2) is 28.9 Å². The average Bonchev–Trinajstić information content (AvgIpc) is 3.11. The van der Waals surface area contributed by atoms with Crippen molar-refractivity contribution in [1.29, 1.82) is 0 Å². The van der Waals surface area contributed by atoms with Crippen LogP contribution < -0.4 is 15.5 Å². The number of rotatable bonds is 5. The van der Waals surface area contributed by atoms with Crippen molar-refractivity contribution < 1.29 is 35.9 Å². The SMILES string of the molecule is Cc1c(C(F)(NC(=O)Nc2cnc(N3CCO[C@@H](C)C3)nc2)C(F)F)oc2c(F)cc(F)cc12. The minimum Gasteiger partial charge on any atom is -0.452 e. The molecule has 2 amide bonds. The van der Waals surface area contributed by atoms with Crippen LogP contribution >= 0.6 is 0 Å². The lowest BCUT2D eigenvalue weighted by atomic mass is 10.1. The van der Waals surface area contributed by atoms with Crippen molar-refractivity contribution in [2.24, 2.45) is 0 Å². The second kappa shape index (κ2) is 9.05. The summed E-state index contributed by atoms with van der Waals surface area (Å²) in [5, 5.41) is 3.45. The molecule has 0 radical (unpaired) electrons. The third-order valence-corrected chi connectivity index (χ3v) is 5.30. The highest BCUT2D eigenvalue weighted by molar-refractivity contribution is 5.90. The Balaban J connectivity index is 1.53. The number of nitrogens with zero attached hydrogens (tertiary/aromatic N) is 3. The fourth-order valence-electron chi connectivity index (χ4n) is 3.68. The van der Waals surface area contributed by atoms with Gasteiger partial charge in [0.15, 0.2) is 17.2 Å². The van der Waals surface area contributed by atoms with Gasteiger partial charge in [0.05, 0.1) is 30.8 Å². The fourth-order valence-corrected chi connectivity index (χ4v) is 3.68. The standard InChI is InChI=1S/C21H20F5N5O3/c1-10-9-31(3-4-33-10)19-27-7-13(8-28-19)29-20(32)30-21(26,18(24)25)17-11(2)14-5-12(22)6-15(23)16(14)34-17/h5-8,10,18H,3-4,9H2,1-2H3,(H2,29,30,32)/t10-,21?/m0/s1. The Morgan fingerprint density at radius 3 is 2.62 bits per heavy atom. The van der Waals surface area contributed by atoms with E-state index in [1.54, 1.807) is 0 Å². The van der Waals surface area contributed by atoms with E-state index in [4.69, 9.17) is 9.15 Å². The van der Waals surface area contributed by atoms with E-state index in [2.05, 4.69) is 15.3 Å². The number of fused-ring (bicyclic) bond motifs is 1. The number of carbonyl (C=O) groups is 1. The van der Waals surface area contributed by atoms with E-state index in [1.165, 1.54) is 17.7 Å². The molecule has 3 aromatic rings. The molecule has 0 spiro atoms. The summed E-state index contributed by atoms with van der Waals surface area (Å²) >= 11 is 0. The quantitative estimate of drug-likeness (QED) is 0.415. The van der Waals surface area contributed by atoms with Crippen molar-refractivity contribution in [3.05, 3.63) is 47.5 Å². The van der Waals surface area contributed by atoms with Gasteiger partial charge in [-0.3, -0.25) is 5.32 Å². The van der Waals surface area contributed by atoms with Crippen molar-refractivity contribution in [1.82, 2.24) is 15.3 Å². The minimum absolute atomic E-state index is 0.00798. The molecule has 2 N–H and O–H groups in total. The van der Waals surface area contributed by atoms with Crippen molar-refractivity contribution >= 4 is 28.6 Å². The number of anilines is 2. The van der Waals surface area contributed by atoms with Crippen LogP contribution in [0, 0.1) is 18.6 Å². The van der Waals surface area contributed by atoms with E-state index < -0.39 is 41.2 Å². The predicted molar refractivity (Wildman–Crippen MR) is 111 cm³/mol. The molecule has 1 saturated heterocycles. The monoisotopic (exact) mass is 485 g/mol. The first-order chi connectivity index (χ1) is 16.1. The smallest absolute Gasteiger partial charge is 0.322 e. The van der Waals surface area contributed by atoms with Gasteiger partial charge in [-0.25, -0.2) is 36.7 Å². The van der Waals surface area contributed by atoms with Crippen LogP contribution in [0.5, 0.6) is 0 Å². The number of aryl methyl sites for hydroxylation is 1. The Kier molecular flexibility index (Phi) is 6.30. The van der Waals surface area contributed by atoms with Gasteiger partial charge in [-0.2, -0.15) is 0 Å². The zero-order valence-electron chi connectivity index (χ0n) is 18.0. The number of alkyl halides is 3. The summed E-state index contributed by atoms with van der Waals surface area (Å²) < 4.78 is 80.9. The van der Waals surface area contributed by atoms with E-state index in [0.717, 1.165) is 13.0 Å². The number of furan rings is 1. The Morgan fingerprint density at radius 1 is 1.26 bits per heavy atom. The number of ether oxygens (including phenoxy) is 1. The van der Waals surface area contributed by atoms with Crippen LogP contribution in [0.1, 0.15) is 18.2 Å². The second-order valence-electron chi connectivity index (χ2n) is 7.81. The van der Waals surface area contributed by atoms with Crippen LogP contribution in [0.2, 0.25) is 0 Å². The number of amides is 2. The van der Waals surface area contributed by atoms with Crippen molar-refractivity contribution in [3.63, 3.8) is 0 Å². The summed E-state index contributed by atoms with van der Waals surface area (Å²) in [5.41, 5.74) is -0.891. The fraction of sp³-hybridized carbons (Fsp3) is 0.381. The van der Waals surface area contributed by atoms with Crippen molar-refractivity contribution in [2.75, 3.05) is 29.9 Å². The zero-order valence-corrected chi connectivity index (χ0v) is 18.0. The summed E-state index contributed by atoms with van der Waals surface area (Å²) in [6, 6.07) is -0.0647. The van der Waals surface area contributed by atoms with Gasteiger partial charge in [-0.05, 0) is 19.9 Å². The molecule has 1 unspecified atom stereocenters. The van der Waals surface area contributed by atoms with Crippen LogP contribution in [0.3, 0.4) is 0 Å². The number of carbonyl (C=O) groups excluding carboxylic acids is 1. The van der Waals surface area contributed by atoms with E-state index in [9.17, 15) is 22.4 Å². The second-order valence-corrected chi connectivity index (χ2v) is 7.81. The molecule has 182 valence electrons. The Labute approximate surface area is 190 Å². The normalized spacial score (nSPS) is 18.2. The molecule has 1 aliphatic rings. The van der Waals surface area contributed by atoms with Gasteiger partial charge in [0.25, 0.3) is 6.43 Å². The largest absolute Gasteiger partial charge is 0.452 e. The van der Waals surface area contributed by atoms with Crippen LogP contribution in [0.4, 0.5) is 38.4 Å². The van der Waals surface area contributed by atoms with E-state index in [-0.39, 0.29) is 22.7 Å². The molecule has 13 heteroatoms. The first-order valence-corrected chi connectivity index (χ1v) is 10.2. The number of hydrogen-bond acceptors (Lipinski definition) is 6. The number of hydrogen-bond donors (Lipinski definition) is 2. The number of aromatic nitrogens is 2. The van der Waals surface area contributed by atoms with Gasteiger partial charge in [-0.15, -0.1) is 0 Å². The average molecular weight is 485 g/mol. The summed E-state index contributed by atoms with van der Waals surface area (Å²) in [6.45, 7) is 4.67. The van der Waals surface area contributed by atoms with Gasteiger partial charge in [0.1, 0.15) is 5.82 Å². The molecule has 3 heterocycles. The Hall–Kier alpha value is -3.48. The van der Waals surface area contributed by atoms with E-state index in [1.807, 2.05) is 11.8 Å². The molecule has 2 aromatic heterocycles. The van der Waals surface area contributed by atoms with E-state index >= 15 is 4.39 Å². The minimum atomic E-state index is -3.83. The first kappa shape index (κ1) is 23.7. The maximum atomic E-state index is 15.4. The highest BCUT2D eigenvalue weighted by Crippen LogP contribution is 2.39.